The van der Waals surface area contributed by atoms with Crippen LogP contribution in [0.25, 0.3) is 43.4 Å². The third-order valence-corrected chi connectivity index (χ3v) is 12.2. The number of aromatic nitrogens is 4. The number of nitrogens with zero attached hydrogens (tertiary/aromatic N) is 6. The number of likely N-dealkylation sites (N-methyl/N-ethyl adjacent to an activating group) is 1. The Morgan fingerprint density at radius 2 is 1.74 bits per heavy atom. The van der Waals surface area contributed by atoms with Crippen LogP contribution in [-0.4, -0.2) is 100 Å². The van der Waals surface area contributed by atoms with Crippen LogP contribution < -0.4 is 19.5 Å². The lowest BCUT2D eigenvalue weighted by Crippen LogP contribution is -2.45. The number of para-hydroxylation sites is 2. The van der Waals surface area contributed by atoms with Gasteiger partial charge >= 0.3 is 5.97 Å². The highest BCUT2D eigenvalue weighted by molar-refractivity contribution is 7.22. The molecule has 1 aliphatic rings. The Balaban J connectivity index is 1.07. The van der Waals surface area contributed by atoms with Crippen molar-refractivity contribution in [3.8, 4) is 50.4 Å². The standard InChI is InChI=1S/C45H43ClFN7O6S/c1-27-30(12-13-35(40(27)46)58-23-22-54-20-18-53(2)19-21-54)38-39-43(49-26-50-44(39)61-41(38)36-14-15-37(47)60-36)52-32(45(55)56)24-28-8-4-6-10-33(28)59-25-29-16-17-48-42(51-29)31-9-5-7-11-34(31)57-3/h4-17,26,32H,18-25H2,1-3H3,(H,55,56)(H,49,50,52)/t32-/m1/s1. The van der Waals surface area contributed by atoms with Crippen molar-refractivity contribution in [2.24, 2.45) is 0 Å². The van der Waals surface area contributed by atoms with Crippen molar-refractivity contribution in [3.05, 3.63) is 119 Å². The van der Waals surface area contributed by atoms with Crippen molar-refractivity contribution in [2.75, 3.05) is 58.8 Å². The number of hydrogen-bond acceptors (Lipinski definition) is 13. The maximum absolute atomic E-state index is 14.4. The molecule has 1 atom stereocenters. The summed E-state index contributed by atoms with van der Waals surface area (Å²) in [4.78, 5) is 37.1. The first-order valence-corrected chi connectivity index (χ1v) is 20.9. The van der Waals surface area contributed by atoms with Crippen LogP contribution in [0.3, 0.4) is 0 Å². The fourth-order valence-corrected chi connectivity index (χ4v) is 8.63. The maximum Gasteiger partial charge on any atom is 0.326 e. The van der Waals surface area contributed by atoms with Gasteiger partial charge in [-0.2, -0.15) is 4.39 Å². The van der Waals surface area contributed by atoms with Gasteiger partial charge in [0.2, 0.25) is 0 Å². The molecule has 5 heterocycles. The normalized spacial score (nSPS) is 13.9. The summed E-state index contributed by atoms with van der Waals surface area (Å²) in [5.74, 6) is 1.62. The van der Waals surface area contributed by atoms with Crippen LogP contribution >= 0.6 is 22.9 Å². The van der Waals surface area contributed by atoms with E-state index in [1.807, 2.05) is 61.5 Å². The zero-order valence-electron chi connectivity index (χ0n) is 33.7. The number of rotatable bonds is 16. The molecule has 0 aliphatic carbocycles. The molecule has 16 heteroatoms. The highest BCUT2D eigenvalue weighted by Gasteiger charge is 2.28. The molecule has 1 fully saturated rings. The molecule has 0 bridgehead atoms. The largest absolute Gasteiger partial charge is 0.496 e. The number of furan rings is 1. The third-order valence-electron chi connectivity index (χ3n) is 10.6. The molecule has 13 nitrogen and oxygen atoms in total. The van der Waals surface area contributed by atoms with E-state index in [2.05, 4.69) is 37.1 Å². The van der Waals surface area contributed by atoms with Crippen LogP contribution in [-0.2, 0) is 17.8 Å². The summed E-state index contributed by atoms with van der Waals surface area (Å²) in [6.07, 6.45) is 3.06. The van der Waals surface area contributed by atoms with E-state index in [1.165, 1.54) is 23.7 Å². The quantitative estimate of drug-likeness (QED) is 0.0958. The maximum atomic E-state index is 14.4. The van der Waals surface area contributed by atoms with Crippen molar-refractivity contribution in [1.82, 2.24) is 29.7 Å². The zero-order valence-corrected chi connectivity index (χ0v) is 35.3. The van der Waals surface area contributed by atoms with E-state index in [1.54, 1.807) is 31.5 Å². The summed E-state index contributed by atoms with van der Waals surface area (Å²) in [7, 11) is 3.72. The highest BCUT2D eigenvalue weighted by atomic mass is 35.5. The molecular formula is C45H43ClFN7O6S. The molecule has 1 aliphatic heterocycles. The van der Waals surface area contributed by atoms with Crippen LogP contribution in [0.15, 0.2) is 95.8 Å². The molecule has 0 spiro atoms. The summed E-state index contributed by atoms with van der Waals surface area (Å²) in [6, 6.07) is 21.1. The second kappa shape index (κ2) is 18.6. The van der Waals surface area contributed by atoms with Gasteiger partial charge in [-0.15, -0.1) is 11.3 Å². The van der Waals surface area contributed by atoms with E-state index in [0.717, 1.165) is 38.3 Å². The van der Waals surface area contributed by atoms with E-state index >= 15 is 0 Å². The first-order valence-electron chi connectivity index (χ1n) is 19.7. The Morgan fingerprint density at radius 1 is 0.951 bits per heavy atom. The minimum atomic E-state index is -1.16. The molecule has 1 saturated heterocycles. The molecule has 0 unspecified atom stereocenters. The Bertz CT molecular complexity index is 2670. The number of aliphatic carboxylic acids is 1. The molecule has 8 rings (SSSR count). The number of carboxylic acid groups (broad SMARTS) is 1. The number of anilines is 1. The number of thiophene rings is 1. The summed E-state index contributed by atoms with van der Waals surface area (Å²) in [5, 5.41) is 14.8. The summed E-state index contributed by atoms with van der Waals surface area (Å²) < 4.78 is 37.8. The van der Waals surface area contributed by atoms with Crippen molar-refractivity contribution in [2.45, 2.75) is 26.0 Å². The van der Waals surface area contributed by atoms with Crippen LogP contribution in [0, 0.1) is 12.9 Å². The molecule has 314 valence electrons. The number of methoxy groups -OCH3 is 1. The SMILES string of the molecule is COc1ccccc1-c1nccc(COc2ccccc2C[C@@H](Nc2ncnc3sc(-c4ccc(F)o4)c(-c4ccc(OCCN5CCN(C)CC5)c(Cl)c4C)c23)C(=O)O)n1. The highest BCUT2D eigenvalue weighted by Crippen LogP contribution is 2.49. The number of fused-ring (bicyclic) bond motifs is 1. The van der Waals surface area contributed by atoms with Crippen molar-refractivity contribution in [1.29, 1.82) is 0 Å². The first kappa shape index (κ1) is 41.6. The van der Waals surface area contributed by atoms with Gasteiger partial charge in [0.1, 0.15) is 59.2 Å². The van der Waals surface area contributed by atoms with Crippen molar-refractivity contribution >= 4 is 44.9 Å². The third kappa shape index (κ3) is 9.30. The zero-order chi connectivity index (χ0) is 42.5. The lowest BCUT2D eigenvalue weighted by Gasteiger charge is -2.32. The lowest BCUT2D eigenvalue weighted by atomic mass is 9.97. The number of hydrogen-bond donors (Lipinski definition) is 2. The molecule has 0 saturated carbocycles. The molecular weight excluding hydrogens is 821 g/mol. The topological polar surface area (TPSA) is 148 Å². The van der Waals surface area contributed by atoms with Gasteiger partial charge in [-0.1, -0.05) is 48.0 Å². The van der Waals surface area contributed by atoms with E-state index < -0.39 is 18.0 Å². The van der Waals surface area contributed by atoms with Gasteiger partial charge < -0.3 is 34.0 Å². The van der Waals surface area contributed by atoms with Gasteiger partial charge in [0, 0.05) is 57.0 Å². The summed E-state index contributed by atoms with van der Waals surface area (Å²) in [6.45, 7) is 7.22. The number of carbonyl (C=O) groups is 1. The number of halogens is 2. The minimum Gasteiger partial charge on any atom is -0.496 e. The molecule has 2 N–H and O–H groups in total. The molecule has 0 amide bonds. The van der Waals surface area contributed by atoms with Gasteiger partial charge in [0.05, 0.1) is 33.7 Å². The predicted molar refractivity (Wildman–Crippen MR) is 233 cm³/mol. The van der Waals surface area contributed by atoms with E-state index in [4.69, 9.17) is 35.2 Å². The monoisotopic (exact) mass is 863 g/mol. The summed E-state index contributed by atoms with van der Waals surface area (Å²) >= 11 is 8.30. The molecule has 0 radical (unpaired) electrons. The van der Waals surface area contributed by atoms with Crippen molar-refractivity contribution in [3.63, 3.8) is 0 Å². The van der Waals surface area contributed by atoms with E-state index in [-0.39, 0.29) is 24.6 Å². The van der Waals surface area contributed by atoms with E-state index in [9.17, 15) is 14.3 Å². The number of carboxylic acids is 1. The minimum absolute atomic E-state index is 0.0357. The van der Waals surface area contributed by atoms with Gasteiger partial charge in [-0.05, 0) is 67.1 Å². The predicted octanol–water partition coefficient (Wildman–Crippen LogP) is 8.50. The average molecular weight is 864 g/mol. The molecule has 61 heavy (non-hydrogen) atoms. The average Bonchev–Trinajstić information content (AvgIpc) is 3.89. The van der Waals surface area contributed by atoms with Gasteiger partial charge in [-0.3, -0.25) is 4.90 Å². The fraction of sp³-hybridized carbons (Fsp3) is 0.267. The van der Waals surface area contributed by atoms with Crippen LogP contribution in [0.2, 0.25) is 5.02 Å². The number of ether oxygens (including phenoxy) is 3. The van der Waals surface area contributed by atoms with Gasteiger partial charge in [0.25, 0.3) is 6.01 Å². The number of nitrogens with one attached hydrogen (secondary N) is 1. The molecule has 3 aromatic carbocycles. The fourth-order valence-electron chi connectivity index (χ4n) is 7.29. The number of piperazine rings is 1. The van der Waals surface area contributed by atoms with Crippen LogP contribution in [0.1, 0.15) is 16.8 Å². The Morgan fingerprint density at radius 3 is 2.51 bits per heavy atom. The second-order valence-corrected chi connectivity index (χ2v) is 15.9. The van der Waals surface area contributed by atoms with Crippen LogP contribution in [0.5, 0.6) is 17.2 Å². The summed E-state index contributed by atoms with van der Waals surface area (Å²) in [5.41, 5.74) is 4.05. The Labute approximate surface area is 360 Å². The lowest BCUT2D eigenvalue weighted by molar-refractivity contribution is -0.137. The van der Waals surface area contributed by atoms with Gasteiger partial charge in [-0.25, -0.2) is 24.7 Å². The Hall–Kier alpha value is -6.13. The van der Waals surface area contributed by atoms with Crippen LogP contribution in [0.4, 0.5) is 10.2 Å². The number of benzene rings is 3. The second-order valence-electron chi connectivity index (χ2n) is 14.6. The van der Waals surface area contributed by atoms with E-state index in [0.29, 0.717) is 77.7 Å². The molecule has 7 aromatic rings. The Kier molecular flexibility index (Phi) is 12.7. The smallest absolute Gasteiger partial charge is 0.326 e. The first-order chi connectivity index (χ1) is 29.7. The van der Waals surface area contributed by atoms with Gasteiger partial charge in [0.15, 0.2) is 5.82 Å². The van der Waals surface area contributed by atoms with Crippen molar-refractivity contribution < 1.29 is 32.9 Å². The molecule has 4 aromatic heterocycles.